The van der Waals surface area contributed by atoms with E-state index >= 15 is 0 Å². The number of carbonyl (C=O) groups is 2. The molecule has 0 bridgehead atoms. The van der Waals surface area contributed by atoms with E-state index in [-0.39, 0.29) is 23.6 Å². The van der Waals surface area contributed by atoms with Gasteiger partial charge in [-0.05, 0) is 41.6 Å². The maximum absolute atomic E-state index is 13.8. The van der Waals surface area contributed by atoms with E-state index in [2.05, 4.69) is 0 Å². The highest BCUT2D eigenvalue weighted by Crippen LogP contribution is 2.35. The summed E-state index contributed by atoms with van der Waals surface area (Å²) in [5.41, 5.74) is 0.893. The molecule has 0 aromatic heterocycles. The third kappa shape index (κ3) is 4.15. The molecule has 1 saturated heterocycles. The molecular formula is C20H15FN2O4S. The lowest BCUT2D eigenvalue weighted by molar-refractivity contribution is -0.123. The van der Waals surface area contributed by atoms with Gasteiger partial charge in [0.25, 0.3) is 11.1 Å². The van der Waals surface area contributed by atoms with E-state index in [1.165, 1.54) is 19.2 Å². The normalized spacial score (nSPS) is 15.0. The van der Waals surface area contributed by atoms with Crippen LogP contribution in [0.5, 0.6) is 11.5 Å². The van der Waals surface area contributed by atoms with Crippen LogP contribution in [0.1, 0.15) is 11.1 Å². The third-order valence-electron chi connectivity index (χ3n) is 3.94. The number of hydrogen-bond donors (Lipinski definition) is 0. The van der Waals surface area contributed by atoms with Gasteiger partial charge >= 0.3 is 0 Å². The zero-order valence-electron chi connectivity index (χ0n) is 14.8. The number of carbonyl (C=O) groups excluding carboxylic acids is 2. The molecular weight excluding hydrogens is 383 g/mol. The number of rotatable bonds is 6. The fraction of sp³-hybridized carbons (Fsp3) is 0.150. The lowest BCUT2D eigenvalue weighted by atomic mass is 10.1. The van der Waals surface area contributed by atoms with Crippen molar-refractivity contribution in [2.24, 2.45) is 0 Å². The van der Waals surface area contributed by atoms with Crippen LogP contribution in [-0.4, -0.2) is 29.8 Å². The van der Waals surface area contributed by atoms with Crippen molar-refractivity contribution in [3.8, 4) is 17.6 Å². The number of nitriles is 1. The van der Waals surface area contributed by atoms with E-state index in [9.17, 15) is 14.0 Å². The van der Waals surface area contributed by atoms with Crippen molar-refractivity contribution in [1.82, 2.24) is 4.90 Å². The van der Waals surface area contributed by atoms with Crippen molar-refractivity contribution < 1.29 is 23.5 Å². The quantitative estimate of drug-likeness (QED) is 0.685. The summed E-state index contributed by atoms with van der Waals surface area (Å²) in [5, 5.41) is 8.15. The summed E-state index contributed by atoms with van der Waals surface area (Å²) in [7, 11) is 1.46. The molecule has 0 N–H and O–H groups in total. The summed E-state index contributed by atoms with van der Waals surface area (Å²) >= 11 is 0.794. The molecule has 1 fully saturated rings. The molecule has 6 nitrogen and oxygen atoms in total. The molecule has 1 heterocycles. The Hall–Kier alpha value is -3.31. The largest absolute Gasteiger partial charge is 0.493 e. The van der Waals surface area contributed by atoms with Crippen LogP contribution in [0, 0.1) is 17.1 Å². The molecule has 28 heavy (non-hydrogen) atoms. The Kier molecular flexibility index (Phi) is 5.96. The van der Waals surface area contributed by atoms with Crippen LogP contribution < -0.4 is 9.47 Å². The van der Waals surface area contributed by atoms with Crippen LogP contribution in [0.4, 0.5) is 9.18 Å². The van der Waals surface area contributed by atoms with Gasteiger partial charge in [0.15, 0.2) is 18.1 Å². The minimum atomic E-state index is -0.484. The molecule has 0 aliphatic carbocycles. The molecule has 0 unspecified atom stereocenters. The summed E-state index contributed by atoms with van der Waals surface area (Å²) in [5.74, 6) is -0.159. The monoisotopic (exact) mass is 398 g/mol. The molecule has 0 atom stereocenters. The molecule has 142 valence electrons. The molecule has 2 amide bonds. The van der Waals surface area contributed by atoms with Crippen molar-refractivity contribution >= 4 is 29.0 Å². The van der Waals surface area contributed by atoms with Gasteiger partial charge in [-0.15, -0.1) is 0 Å². The zero-order valence-corrected chi connectivity index (χ0v) is 15.7. The van der Waals surface area contributed by atoms with Crippen LogP contribution in [0.25, 0.3) is 6.08 Å². The number of nitrogens with zero attached hydrogens (tertiary/aromatic N) is 2. The third-order valence-corrected chi connectivity index (χ3v) is 4.84. The molecule has 3 rings (SSSR count). The minimum absolute atomic E-state index is 0.120. The number of halogens is 1. The average molecular weight is 398 g/mol. The molecule has 1 aliphatic rings. The van der Waals surface area contributed by atoms with Gasteiger partial charge in [0.1, 0.15) is 11.9 Å². The lowest BCUT2D eigenvalue weighted by Gasteiger charge is -2.12. The van der Waals surface area contributed by atoms with Crippen LogP contribution in [0.3, 0.4) is 0 Å². The van der Waals surface area contributed by atoms with Crippen molar-refractivity contribution in [3.05, 3.63) is 64.3 Å². The van der Waals surface area contributed by atoms with Crippen molar-refractivity contribution in [3.63, 3.8) is 0 Å². The van der Waals surface area contributed by atoms with Crippen LogP contribution in [-0.2, 0) is 11.3 Å². The smallest absolute Gasteiger partial charge is 0.293 e. The highest BCUT2D eigenvalue weighted by atomic mass is 32.2. The van der Waals surface area contributed by atoms with Crippen molar-refractivity contribution in [2.45, 2.75) is 6.54 Å². The van der Waals surface area contributed by atoms with Gasteiger partial charge in [-0.2, -0.15) is 5.26 Å². The van der Waals surface area contributed by atoms with Gasteiger partial charge in [0.05, 0.1) is 18.6 Å². The van der Waals surface area contributed by atoms with Gasteiger partial charge in [0.2, 0.25) is 0 Å². The highest BCUT2D eigenvalue weighted by molar-refractivity contribution is 8.18. The highest BCUT2D eigenvalue weighted by Gasteiger charge is 2.35. The number of hydrogen-bond acceptors (Lipinski definition) is 6. The first-order valence-electron chi connectivity index (χ1n) is 8.20. The first kappa shape index (κ1) is 19.5. The maximum Gasteiger partial charge on any atom is 0.293 e. The second kappa shape index (κ2) is 8.59. The van der Waals surface area contributed by atoms with Gasteiger partial charge in [0, 0.05) is 5.56 Å². The topological polar surface area (TPSA) is 79.6 Å². The standard InChI is InChI=1S/C20H15FN2O4S/c1-26-17-10-13(6-7-16(17)27-9-8-22)11-18-19(24)23(20(25)28-18)12-14-4-2-3-5-15(14)21/h2-7,10-11H,9,12H2,1H3/b18-11-. The number of benzene rings is 2. The van der Waals surface area contributed by atoms with E-state index in [1.807, 2.05) is 6.07 Å². The van der Waals surface area contributed by atoms with Gasteiger partial charge in [-0.25, -0.2) is 4.39 Å². The maximum atomic E-state index is 13.8. The Morgan fingerprint density at radius 2 is 2.00 bits per heavy atom. The fourth-order valence-electron chi connectivity index (χ4n) is 2.59. The number of amides is 2. The lowest BCUT2D eigenvalue weighted by Crippen LogP contribution is -2.27. The molecule has 0 radical (unpaired) electrons. The summed E-state index contributed by atoms with van der Waals surface area (Å²) in [4.78, 5) is 26.1. The predicted octanol–water partition coefficient (Wildman–Crippen LogP) is 3.97. The summed E-state index contributed by atoms with van der Waals surface area (Å²) < 4.78 is 24.3. The predicted molar refractivity (Wildman–Crippen MR) is 102 cm³/mol. The summed E-state index contributed by atoms with van der Waals surface area (Å²) in [6.45, 7) is -0.246. The van der Waals surface area contributed by atoms with E-state index in [0.29, 0.717) is 17.1 Å². The minimum Gasteiger partial charge on any atom is -0.493 e. The van der Waals surface area contributed by atoms with Crippen molar-refractivity contribution in [2.75, 3.05) is 13.7 Å². The summed E-state index contributed by atoms with van der Waals surface area (Å²) in [6.07, 6.45) is 1.56. The van der Waals surface area contributed by atoms with Gasteiger partial charge in [-0.3, -0.25) is 14.5 Å². The Morgan fingerprint density at radius 3 is 2.71 bits per heavy atom. The molecule has 2 aromatic carbocycles. The van der Waals surface area contributed by atoms with Crippen LogP contribution in [0.2, 0.25) is 0 Å². The van der Waals surface area contributed by atoms with E-state index in [4.69, 9.17) is 14.7 Å². The number of thioether (sulfide) groups is 1. The second-order valence-corrected chi connectivity index (χ2v) is 6.71. The first-order valence-corrected chi connectivity index (χ1v) is 9.01. The Morgan fingerprint density at radius 1 is 1.21 bits per heavy atom. The van der Waals surface area contributed by atoms with Gasteiger partial charge in [-0.1, -0.05) is 24.3 Å². The Labute approximate surface area is 165 Å². The first-order chi connectivity index (χ1) is 13.5. The summed E-state index contributed by atoms with van der Waals surface area (Å²) in [6, 6.07) is 12.8. The average Bonchev–Trinajstić information content (AvgIpc) is 2.95. The zero-order chi connectivity index (χ0) is 20.1. The van der Waals surface area contributed by atoms with Crippen LogP contribution in [0.15, 0.2) is 47.4 Å². The fourth-order valence-corrected chi connectivity index (χ4v) is 3.43. The molecule has 0 spiro atoms. The Bertz CT molecular complexity index is 1000. The number of imide groups is 1. The molecule has 2 aromatic rings. The molecule has 1 aliphatic heterocycles. The van der Waals surface area contributed by atoms with Gasteiger partial charge < -0.3 is 9.47 Å². The van der Waals surface area contributed by atoms with E-state index in [1.54, 1.807) is 36.4 Å². The number of methoxy groups -OCH3 is 1. The molecule has 0 saturated carbocycles. The van der Waals surface area contributed by atoms with Crippen LogP contribution >= 0.6 is 11.8 Å². The van der Waals surface area contributed by atoms with E-state index in [0.717, 1.165) is 16.7 Å². The number of ether oxygens (including phenoxy) is 2. The Balaban J connectivity index is 1.81. The van der Waals surface area contributed by atoms with Crippen molar-refractivity contribution in [1.29, 1.82) is 5.26 Å². The van der Waals surface area contributed by atoms with E-state index < -0.39 is 17.0 Å². The molecule has 8 heteroatoms. The second-order valence-electron chi connectivity index (χ2n) is 5.72. The SMILES string of the molecule is COc1cc(/C=C2\SC(=O)N(Cc3ccccc3F)C2=O)ccc1OCC#N.